The number of esters is 1. The second-order valence-electron chi connectivity index (χ2n) is 6.58. The lowest BCUT2D eigenvalue weighted by atomic mass is 9.90. The molecule has 0 unspecified atom stereocenters. The standard InChI is InChI=1S/C21H19NO4/c23-19(16-10-9-14-5-1-2-6-15(14)11-16)13-25-21(24)12-18-17-7-3-4-8-20(17)26-22-18/h3-4,7-11H,1-2,5-6,12-13H2. The van der Waals surface area contributed by atoms with Gasteiger partial charge in [0, 0.05) is 10.9 Å². The quantitative estimate of drug-likeness (QED) is 0.519. The van der Waals surface area contributed by atoms with Crippen molar-refractivity contribution in [1.29, 1.82) is 0 Å². The Balaban J connectivity index is 1.37. The summed E-state index contributed by atoms with van der Waals surface area (Å²) in [6, 6.07) is 13.1. The predicted molar refractivity (Wildman–Crippen MR) is 96.1 cm³/mol. The Labute approximate surface area is 150 Å². The summed E-state index contributed by atoms with van der Waals surface area (Å²) in [7, 11) is 0. The van der Waals surface area contributed by atoms with Crippen LogP contribution in [0.5, 0.6) is 0 Å². The SMILES string of the molecule is O=C(Cc1noc2ccccc12)OCC(=O)c1ccc2c(c1)CCCC2. The third-order valence-corrected chi connectivity index (χ3v) is 4.80. The van der Waals surface area contributed by atoms with Crippen LogP contribution < -0.4 is 0 Å². The summed E-state index contributed by atoms with van der Waals surface area (Å²) in [4.78, 5) is 24.4. The van der Waals surface area contributed by atoms with Crippen molar-refractivity contribution in [3.8, 4) is 0 Å². The Kier molecular flexibility index (Phi) is 4.52. The van der Waals surface area contributed by atoms with Gasteiger partial charge in [0.05, 0.1) is 6.42 Å². The highest BCUT2D eigenvalue weighted by Crippen LogP contribution is 2.22. The molecule has 0 amide bonds. The molecule has 26 heavy (non-hydrogen) atoms. The van der Waals surface area contributed by atoms with Crippen molar-refractivity contribution in [2.75, 3.05) is 6.61 Å². The Morgan fingerprint density at radius 3 is 2.73 bits per heavy atom. The van der Waals surface area contributed by atoms with Crippen LogP contribution in [0.15, 0.2) is 47.0 Å². The van der Waals surface area contributed by atoms with Gasteiger partial charge in [0.1, 0.15) is 5.69 Å². The third-order valence-electron chi connectivity index (χ3n) is 4.80. The van der Waals surface area contributed by atoms with Gasteiger partial charge in [0.15, 0.2) is 18.0 Å². The van der Waals surface area contributed by atoms with Gasteiger partial charge in [-0.15, -0.1) is 0 Å². The maximum Gasteiger partial charge on any atom is 0.312 e. The van der Waals surface area contributed by atoms with Crippen LogP contribution in [0.25, 0.3) is 11.0 Å². The number of nitrogens with zero attached hydrogens (tertiary/aromatic N) is 1. The van der Waals surface area contributed by atoms with E-state index in [4.69, 9.17) is 9.26 Å². The molecule has 0 spiro atoms. The molecule has 1 aromatic heterocycles. The van der Waals surface area contributed by atoms with Gasteiger partial charge >= 0.3 is 5.97 Å². The van der Waals surface area contributed by atoms with Gasteiger partial charge in [-0.05, 0) is 55.0 Å². The van der Waals surface area contributed by atoms with Crippen molar-refractivity contribution in [3.05, 3.63) is 64.8 Å². The first-order chi connectivity index (χ1) is 12.7. The van der Waals surface area contributed by atoms with E-state index in [2.05, 4.69) is 5.16 Å². The number of hydrogen-bond acceptors (Lipinski definition) is 5. The molecule has 2 aromatic carbocycles. The molecule has 1 heterocycles. The predicted octanol–water partition coefficient (Wildman–Crippen LogP) is 3.68. The van der Waals surface area contributed by atoms with Gasteiger partial charge in [-0.25, -0.2) is 0 Å². The molecule has 0 bridgehead atoms. The number of aromatic nitrogens is 1. The number of carbonyl (C=O) groups excluding carboxylic acids is 2. The first-order valence-electron chi connectivity index (χ1n) is 8.84. The van der Waals surface area contributed by atoms with Gasteiger partial charge in [-0.2, -0.15) is 0 Å². The number of Topliss-reactive ketones (excluding diaryl/α,β-unsaturated/α-hetero) is 1. The highest BCUT2D eigenvalue weighted by molar-refractivity contribution is 5.98. The second kappa shape index (κ2) is 7.12. The van der Waals surface area contributed by atoms with Crippen LogP contribution >= 0.6 is 0 Å². The summed E-state index contributed by atoms with van der Waals surface area (Å²) < 4.78 is 10.3. The largest absolute Gasteiger partial charge is 0.457 e. The molecular formula is C21H19NO4. The highest BCUT2D eigenvalue weighted by atomic mass is 16.5. The Bertz CT molecular complexity index is 973. The van der Waals surface area contributed by atoms with Crippen molar-refractivity contribution >= 4 is 22.7 Å². The number of para-hydroxylation sites is 1. The molecule has 0 N–H and O–H groups in total. The summed E-state index contributed by atoms with van der Waals surface area (Å²) in [5.74, 6) is -0.674. The maximum atomic E-state index is 12.3. The number of carbonyl (C=O) groups is 2. The van der Waals surface area contributed by atoms with Crippen LogP contribution in [0, 0.1) is 0 Å². The molecule has 0 aliphatic heterocycles. The van der Waals surface area contributed by atoms with Crippen molar-refractivity contribution in [2.24, 2.45) is 0 Å². The van der Waals surface area contributed by atoms with E-state index in [1.807, 2.05) is 36.4 Å². The summed E-state index contributed by atoms with van der Waals surface area (Å²) in [6.07, 6.45) is 4.42. The van der Waals surface area contributed by atoms with E-state index < -0.39 is 5.97 Å². The van der Waals surface area contributed by atoms with Gasteiger partial charge in [-0.1, -0.05) is 29.4 Å². The number of ether oxygens (including phenoxy) is 1. The molecule has 0 radical (unpaired) electrons. The number of ketones is 1. The van der Waals surface area contributed by atoms with Crippen molar-refractivity contribution in [2.45, 2.75) is 32.1 Å². The average Bonchev–Trinajstić information content (AvgIpc) is 3.08. The third kappa shape index (κ3) is 3.38. The Morgan fingerprint density at radius 2 is 1.85 bits per heavy atom. The molecule has 0 saturated carbocycles. The number of benzene rings is 2. The maximum absolute atomic E-state index is 12.3. The molecule has 4 rings (SSSR count). The van der Waals surface area contributed by atoms with Gasteiger partial charge in [0.2, 0.25) is 0 Å². The van der Waals surface area contributed by atoms with Crippen LogP contribution in [0.3, 0.4) is 0 Å². The summed E-state index contributed by atoms with van der Waals surface area (Å²) in [5.41, 5.74) is 4.31. The van der Waals surface area contributed by atoms with Crippen LogP contribution in [-0.4, -0.2) is 23.5 Å². The van der Waals surface area contributed by atoms with E-state index in [0.717, 1.165) is 24.6 Å². The Morgan fingerprint density at radius 1 is 1.04 bits per heavy atom. The van der Waals surface area contributed by atoms with E-state index >= 15 is 0 Å². The second-order valence-corrected chi connectivity index (χ2v) is 6.58. The minimum atomic E-state index is -0.490. The lowest BCUT2D eigenvalue weighted by molar-refractivity contribution is -0.141. The monoisotopic (exact) mass is 349 g/mol. The molecule has 3 aromatic rings. The van der Waals surface area contributed by atoms with E-state index in [-0.39, 0.29) is 18.8 Å². The van der Waals surface area contributed by atoms with Gasteiger partial charge in [-0.3, -0.25) is 9.59 Å². The smallest absolute Gasteiger partial charge is 0.312 e. The minimum Gasteiger partial charge on any atom is -0.457 e. The molecule has 1 aliphatic rings. The summed E-state index contributed by atoms with van der Waals surface area (Å²) >= 11 is 0. The number of rotatable bonds is 5. The fourth-order valence-electron chi connectivity index (χ4n) is 3.39. The molecule has 132 valence electrons. The molecule has 0 atom stereocenters. The zero-order valence-corrected chi connectivity index (χ0v) is 14.4. The average molecular weight is 349 g/mol. The van der Waals surface area contributed by atoms with E-state index in [1.54, 1.807) is 6.07 Å². The first-order valence-corrected chi connectivity index (χ1v) is 8.84. The molecule has 0 fully saturated rings. The summed E-state index contributed by atoms with van der Waals surface area (Å²) in [6.45, 7) is -0.257. The van der Waals surface area contributed by atoms with Crippen LogP contribution in [0.1, 0.15) is 40.0 Å². The first kappa shape index (κ1) is 16.5. The van der Waals surface area contributed by atoms with Crippen molar-refractivity contribution in [3.63, 3.8) is 0 Å². The van der Waals surface area contributed by atoms with Gasteiger partial charge in [0.25, 0.3) is 0 Å². The Hall–Kier alpha value is -2.95. The van der Waals surface area contributed by atoms with Gasteiger partial charge < -0.3 is 9.26 Å². The lowest BCUT2D eigenvalue weighted by Gasteiger charge is -2.16. The number of fused-ring (bicyclic) bond motifs is 2. The van der Waals surface area contributed by atoms with E-state index in [9.17, 15) is 9.59 Å². The zero-order chi connectivity index (χ0) is 17.9. The van der Waals surface area contributed by atoms with Crippen LogP contribution in [0.4, 0.5) is 0 Å². The number of hydrogen-bond donors (Lipinski definition) is 0. The van der Waals surface area contributed by atoms with Crippen LogP contribution in [-0.2, 0) is 28.8 Å². The van der Waals surface area contributed by atoms with Crippen molar-refractivity contribution in [1.82, 2.24) is 5.16 Å². The molecule has 5 heteroatoms. The highest BCUT2D eigenvalue weighted by Gasteiger charge is 2.16. The fraction of sp³-hybridized carbons (Fsp3) is 0.286. The minimum absolute atomic E-state index is 0.0194. The molecule has 0 saturated heterocycles. The zero-order valence-electron chi connectivity index (χ0n) is 14.4. The fourth-order valence-corrected chi connectivity index (χ4v) is 3.39. The topological polar surface area (TPSA) is 69.4 Å². The molecular weight excluding hydrogens is 330 g/mol. The van der Waals surface area contributed by atoms with Crippen molar-refractivity contribution < 1.29 is 18.8 Å². The van der Waals surface area contributed by atoms with E-state index in [0.29, 0.717) is 16.8 Å². The lowest BCUT2D eigenvalue weighted by Crippen LogP contribution is -2.16. The van der Waals surface area contributed by atoms with Crippen LogP contribution in [0.2, 0.25) is 0 Å². The molecule has 5 nitrogen and oxygen atoms in total. The number of aryl methyl sites for hydroxylation is 2. The molecule has 1 aliphatic carbocycles. The summed E-state index contributed by atoms with van der Waals surface area (Å²) in [5, 5.41) is 4.69. The van der Waals surface area contributed by atoms with E-state index in [1.165, 1.54) is 17.5 Å². The normalized spacial score (nSPS) is 13.4.